The average Bonchev–Trinajstić information content (AvgIpc) is 3.87. The summed E-state index contributed by atoms with van der Waals surface area (Å²) >= 11 is 0. The maximum atomic E-state index is 3.78. The number of aromatic nitrogens is 16. The molecule has 0 aromatic carbocycles. The molecule has 8 rings (SSSR count). The molecule has 0 aliphatic heterocycles. The molecule has 42 nitrogen and oxygen atoms in total. The SMILES string of the molecule is C[n+]1cc[nH]c1.C[n+]1cc[nH]c1.C[n+]1cc[nH]c1.C[n+]1cc[nH]c1.Cn1ccnc1.Cn1ccnc1.Cn1ccnc1.Cn1ccnc1.[Mo].[Mo].[Mo].[Mo].[Mo].[Mo].[Mo].[Mo].[O-2].[O-2].[O-2].[O-2].[O-2].[O-2].[O-2].[O-2].[O-2].[O-2].[O-2].[O-2].[O-2].[O-2].[O-2].[O-2].[O-2].[O-2].[O-2].[O-2].[O-2].[O-2].[O-2].[O-2].[O-2].[O-2]. The van der Waals surface area contributed by atoms with Crippen LogP contribution in [0.2, 0.25) is 0 Å². The van der Waals surface area contributed by atoms with Gasteiger partial charge < -0.3 is 161 Å². The van der Waals surface area contributed by atoms with Crippen molar-refractivity contribution in [2.24, 2.45) is 56.4 Å². The van der Waals surface area contributed by atoms with Crippen LogP contribution in [-0.2, 0) is 367 Å². The number of rotatable bonds is 0. The van der Waals surface area contributed by atoms with E-state index in [9.17, 15) is 0 Å². The minimum atomic E-state index is 0. The fraction of sp³-hybridized carbons (Fsp3) is 0.250. The molecule has 0 bridgehead atoms. The predicted octanol–water partition coefficient (Wildman–Crippen LogP) is -2.07. The number of hydrogen-bond acceptors (Lipinski definition) is 4. The second-order valence-corrected chi connectivity index (χ2v) is 10.0. The molecule has 8 aromatic heterocycles. The molecular weight excluding hydrogens is 1790 g/mol. The van der Waals surface area contributed by atoms with Gasteiger partial charge in [0.15, 0.2) is 0 Å². The summed E-state index contributed by atoms with van der Waals surface area (Å²) in [5, 5.41) is 0. The average molecular weight is 1840 g/mol. The molecule has 0 saturated heterocycles. The first-order valence-electron chi connectivity index (χ1n) is 14.8. The largest absolute Gasteiger partial charge is 2.00 e. The number of aromatic amines is 4. The Balaban J connectivity index is -0.00000000947. The Morgan fingerprint density at radius 1 is 0.244 bits per heavy atom. The van der Waals surface area contributed by atoms with Gasteiger partial charge >= 0.3 is 0 Å². The van der Waals surface area contributed by atoms with Crippen LogP contribution in [0.3, 0.4) is 0 Å². The monoisotopic (exact) mass is 1860 g/mol. The summed E-state index contributed by atoms with van der Waals surface area (Å²) in [5.74, 6) is 0. The molecule has 0 amide bonds. The van der Waals surface area contributed by atoms with E-state index in [1.165, 1.54) is 0 Å². The zero-order valence-electron chi connectivity index (χ0n) is 43.1. The van der Waals surface area contributed by atoms with Crippen LogP contribution in [-0.4, -0.2) is 58.1 Å². The van der Waals surface area contributed by atoms with Crippen molar-refractivity contribution in [2.45, 2.75) is 0 Å². The molecule has 8 aromatic rings. The van der Waals surface area contributed by atoms with Crippen LogP contribution in [0.25, 0.3) is 0 Å². The second kappa shape index (κ2) is 165. The molecule has 0 saturated carbocycles. The Morgan fingerprint density at radius 2 is 0.366 bits per heavy atom. The van der Waals surface area contributed by atoms with Gasteiger partial charge in [0, 0.05) is 246 Å². The van der Waals surface area contributed by atoms with E-state index in [4.69, 9.17) is 0 Å². The minimum Gasteiger partial charge on any atom is -2.00 e. The van der Waals surface area contributed by atoms with Crippen molar-refractivity contribution >= 4 is 0 Å². The molecule has 4 N–H and O–H groups in total. The van der Waals surface area contributed by atoms with Crippen LogP contribution < -0.4 is 18.3 Å². The summed E-state index contributed by atoms with van der Waals surface area (Å²) in [6.07, 6.45) is 44.3. The van der Waals surface area contributed by atoms with Crippen LogP contribution in [0.5, 0.6) is 0 Å². The van der Waals surface area contributed by atoms with Crippen LogP contribution in [0.1, 0.15) is 0 Å². The normalized spacial score (nSPS) is 5.17. The molecule has 82 heavy (non-hydrogen) atoms. The van der Waals surface area contributed by atoms with Gasteiger partial charge in [-0.2, -0.15) is 0 Å². The predicted molar refractivity (Wildman–Crippen MR) is 199 cm³/mol. The van der Waals surface area contributed by atoms with Crippen LogP contribution >= 0.6 is 0 Å². The molecule has 512 valence electrons. The summed E-state index contributed by atoms with van der Waals surface area (Å²) in [5.41, 5.74) is 0. The summed E-state index contributed by atoms with van der Waals surface area (Å²) in [7, 11) is 15.6. The van der Waals surface area contributed by atoms with Crippen molar-refractivity contribution in [2.75, 3.05) is 0 Å². The zero-order chi connectivity index (χ0) is 35.2. The number of hydrogen-bond donors (Lipinski definition) is 4. The number of imidazole rings is 8. The van der Waals surface area contributed by atoms with Crippen molar-refractivity contribution in [1.29, 1.82) is 0 Å². The van der Waals surface area contributed by atoms with Gasteiger partial charge in [0.25, 0.3) is 0 Å². The van der Waals surface area contributed by atoms with Gasteiger partial charge in [-0.15, -0.1) is 0 Å². The third-order valence-corrected chi connectivity index (χ3v) is 5.28. The molecule has 8 heterocycles. The van der Waals surface area contributed by atoms with Gasteiger partial charge in [-0.3, -0.25) is 19.9 Å². The van der Waals surface area contributed by atoms with Crippen LogP contribution in [0.4, 0.5) is 0 Å². The Morgan fingerprint density at radius 3 is 0.390 bits per heavy atom. The van der Waals surface area contributed by atoms with Crippen molar-refractivity contribution in [3.63, 3.8) is 0 Å². The van der Waals surface area contributed by atoms with Crippen molar-refractivity contribution in [1.82, 2.24) is 58.1 Å². The van der Waals surface area contributed by atoms with Crippen molar-refractivity contribution < 1.29 is 329 Å². The minimum absolute atomic E-state index is 0. The van der Waals surface area contributed by atoms with E-state index in [2.05, 4.69) is 39.9 Å². The number of aryl methyl sites for hydroxylation is 8. The van der Waals surface area contributed by atoms with E-state index in [1.807, 2.05) is 193 Å². The first-order valence-corrected chi connectivity index (χ1v) is 14.8. The standard InChI is InChI=1S/8C4H6N2.8Mo.26O/c8*1-6-3-2-5-4-6;;;;;;;;;;;;;;;;;;;;;;;;;;;;;;;;;;/h8*2-4H,1H3;;;;;;;;;;;;;;;;;;;;;;;;;;;;;;;;;;/q;;;;;;;;;;;;;;;;26*-2/p+4. The van der Waals surface area contributed by atoms with Crippen LogP contribution in [0.15, 0.2) is 150 Å². The van der Waals surface area contributed by atoms with Gasteiger partial charge in [0.1, 0.15) is 49.6 Å². The molecule has 50 heteroatoms. The summed E-state index contributed by atoms with van der Waals surface area (Å²) in [4.78, 5) is 26.7. The Labute approximate surface area is 588 Å². The Hall–Kier alpha value is -1.85. The summed E-state index contributed by atoms with van der Waals surface area (Å²) in [6.45, 7) is 0. The van der Waals surface area contributed by atoms with Gasteiger partial charge in [-0.1, -0.05) is 0 Å². The summed E-state index contributed by atoms with van der Waals surface area (Å²) in [6, 6.07) is 0. The van der Waals surface area contributed by atoms with Crippen molar-refractivity contribution in [3.05, 3.63) is 150 Å². The first kappa shape index (κ1) is 236. The fourth-order valence-electron chi connectivity index (χ4n) is 2.76. The maximum Gasteiger partial charge on any atom is 0.241 e. The molecule has 0 aliphatic rings. The van der Waals surface area contributed by atoms with Crippen LogP contribution in [0, 0.1) is 0 Å². The second-order valence-electron chi connectivity index (χ2n) is 10.0. The van der Waals surface area contributed by atoms with E-state index in [0.29, 0.717) is 0 Å². The van der Waals surface area contributed by atoms with E-state index in [0.717, 1.165) is 0 Å². The van der Waals surface area contributed by atoms with Gasteiger partial charge in [0.2, 0.25) is 25.3 Å². The molecule has 0 radical (unpaired) electrons. The topological polar surface area (TPSA) is 891 Å². The Kier molecular flexibility index (Phi) is 474. The molecule has 0 aliphatic carbocycles. The molecule has 0 atom stereocenters. The maximum absolute atomic E-state index is 3.78. The number of H-pyrrole nitrogens is 4. The molecular formula is C32H52Mo8N16O26-48. The molecule has 0 fully saturated rings. The first-order chi connectivity index (χ1) is 23.2. The van der Waals surface area contributed by atoms with Gasteiger partial charge in [0.05, 0.1) is 53.5 Å². The zero-order valence-corrected chi connectivity index (χ0v) is 59.2. The third kappa shape index (κ3) is 159. The number of nitrogens with one attached hydrogen (secondary N) is 4. The van der Waals surface area contributed by atoms with Crippen molar-refractivity contribution in [3.8, 4) is 0 Å². The van der Waals surface area contributed by atoms with E-state index >= 15 is 0 Å². The van der Waals surface area contributed by atoms with E-state index < -0.39 is 0 Å². The summed E-state index contributed by atoms with van der Waals surface area (Å²) < 4.78 is 15.3. The Bertz CT molecular complexity index is 1370. The van der Waals surface area contributed by atoms with Gasteiger partial charge in [-0.05, 0) is 0 Å². The third-order valence-electron chi connectivity index (χ3n) is 5.28. The fourth-order valence-corrected chi connectivity index (χ4v) is 2.76. The quantitative estimate of drug-likeness (QED) is 0.0982. The number of nitrogens with zero attached hydrogens (tertiary/aromatic N) is 12. The molecule has 0 unspecified atom stereocenters. The van der Waals surface area contributed by atoms with E-state index in [-0.39, 0.29) is 311 Å². The smallest absolute Gasteiger partial charge is 0.241 e. The molecule has 0 spiro atoms. The van der Waals surface area contributed by atoms with Gasteiger partial charge in [-0.25, -0.2) is 38.2 Å². The van der Waals surface area contributed by atoms with E-state index in [1.54, 1.807) is 50.1 Å².